The van der Waals surface area contributed by atoms with Crippen LogP contribution in [0.25, 0.3) is 0 Å². The van der Waals surface area contributed by atoms with E-state index >= 15 is 0 Å². The van der Waals surface area contributed by atoms with Crippen molar-refractivity contribution in [2.45, 2.75) is 25.1 Å². The molecule has 2 nitrogen and oxygen atoms in total. The van der Waals surface area contributed by atoms with Gasteiger partial charge < -0.3 is 5.32 Å². The summed E-state index contributed by atoms with van der Waals surface area (Å²) in [5.41, 5.74) is -0.283. The minimum Gasteiger partial charge on any atom is -0.314 e. The molecular weight excluding hydrogens is 442 g/mol. The first kappa shape index (κ1) is 23.9. The van der Waals surface area contributed by atoms with E-state index in [-0.39, 0.29) is 41.3 Å². The molecule has 0 saturated carbocycles. The summed E-state index contributed by atoms with van der Waals surface area (Å²) in [5, 5.41) is 3.07. The summed E-state index contributed by atoms with van der Waals surface area (Å²) in [6, 6.07) is 1.25. The summed E-state index contributed by atoms with van der Waals surface area (Å²) in [6.07, 6.45) is -5.79. The van der Waals surface area contributed by atoms with Gasteiger partial charge in [0.2, 0.25) is 0 Å². The molecule has 1 saturated heterocycles. The fourth-order valence-electron chi connectivity index (χ4n) is 2.68. The van der Waals surface area contributed by atoms with Crippen molar-refractivity contribution in [1.82, 2.24) is 10.2 Å². The lowest BCUT2D eigenvalue weighted by Crippen LogP contribution is -2.45. The summed E-state index contributed by atoms with van der Waals surface area (Å²) in [6.45, 7) is 2.08. The van der Waals surface area contributed by atoms with E-state index < -0.39 is 30.3 Å². The van der Waals surface area contributed by atoms with Gasteiger partial charge in [-0.15, -0.1) is 24.8 Å². The second-order valence-corrected chi connectivity index (χ2v) is 6.15. The van der Waals surface area contributed by atoms with E-state index in [1.165, 1.54) is 0 Å². The SMILES string of the molecule is Cl.Cl.Fc1cc(Br)cc(F)c1[C@H](CCC(F)(F)F)N1CCNCC1. The molecule has 1 atom stereocenters. The molecule has 0 bridgehead atoms. The highest BCUT2D eigenvalue weighted by molar-refractivity contribution is 9.10. The largest absolute Gasteiger partial charge is 0.389 e. The second kappa shape index (κ2) is 10.1. The highest BCUT2D eigenvalue weighted by Gasteiger charge is 2.33. The lowest BCUT2D eigenvalue weighted by atomic mass is 9.98. The number of alkyl halides is 3. The van der Waals surface area contributed by atoms with Crippen molar-refractivity contribution in [2.24, 2.45) is 0 Å². The lowest BCUT2D eigenvalue weighted by Gasteiger charge is -2.35. The maximum Gasteiger partial charge on any atom is 0.389 e. The van der Waals surface area contributed by atoms with Crippen LogP contribution in [0.2, 0.25) is 0 Å². The van der Waals surface area contributed by atoms with Crippen LogP contribution in [0.5, 0.6) is 0 Å². The quantitative estimate of drug-likeness (QED) is 0.647. The van der Waals surface area contributed by atoms with Crippen molar-refractivity contribution in [3.8, 4) is 0 Å². The zero-order chi connectivity index (χ0) is 16.3. The molecule has 1 aromatic rings. The third kappa shape index (κ3) is 6.63. The number of benzene rings is 1. The molecule has 24 heavy (non-hydrogen) atoms. The fraction of sp³-hybridized carbons (Fsp3) is 0.571. The Morgan fingerprint density at radius 2 is 1.58 bits per heavy atom. The van der Waals surface area contributed by atoms with E-state index in [4.69, 9.17) is 0 Å². The van der Waals surface area contributed by atoms with Crippen LogP contribution in [0.3, 0.4) is 0 Å². The summed E-state index contributed by atoms with van der Waals surface area (Å²) in [7, 11) is 0. The summed E-state index contributed by atoms with van der Waals surface area (Å²) in [5.74, 6) is -1.64. The number of piperazine rings is 1. The molecule has 0 radical (unpaired) electrons. The standard InChI is InChI=1S/C14H16BrF5N2.2ClH/c15-9-7-10(16)13(11(17)8-9)12(1-2-14(18,19)20)22-5-3-21-4-6-22;;/h7-8,12,21H,1-6H2;2*1H/t12-;;/m0../s1. The van der Waals surface area contributed by atoms with Gasteiger partial charge in [-0.05, 0) is 18.6 Å². The molecule has 1 fully saturated rings. The van der Waals surface area contributed by atoms with Crippen LogP contribution in [-0.4, -0.2) is 37.3 Å². The predicted molar refractivity (Wildman–Crippen MR) is 91.0 cm³/mol. The van der Waals surface area contributed by atoms with Crippen molar-refractivity contribution in [2.75, 3.05) is 26.2 Å². The van der Waals surface area contributed by atoms with Crippen LogP contribution in [0.4, 0.5) is 22.0 Å². The molecule has 1 aromatic carbocycles. The van der Waals surface area contributed by atoms with Gasteiger partial charge in [-0.1, -0.05) is 15.9 Å². The summed E-state index contributed by atoms with van der Waals surface area (Å²) in [4.78, 5) is 1.71. The first-order valence-electron chi connectivity index (χ1n) is 6.94. The molecule has 2 rings (SSSR count). The molecular formula is C14H18BrCl2F5N2. The normalized spacial score (nSPS) is 16.9. The summed E-state index contributed by atoms with van der Waals surface area (Å²) >= 11 is 2.98. The number of rotatable bonds is 4. The third-order valence-electron chi connectivity index (χ3n) is 3.67. The Morgan fingerprint density at radius 1 is 1.08 bits per heavy atom. The molecule has 0 aliphatic carbocycles. The monoisotopic (exact) mass is 458 g/mol. The van der Waals surface area contributed by atoms with Crippen LogP contribution < -0.4 is 5.32 Å². The Hall–Kier alpha value is -0.150. The van der Waals surface area contributed by atoms with Crippen molar-refractivity contribution >= 4 is 40.7 Å². The lowest BCUT2D eigenvalue weighted by molar-refractivity contribution is -0.138. The zero-order valence-corrected chi connectivity index (χ0v) is 15.7. The van der Waals surface area contributed by atoms with Crippen LogP contribution in [0, 0.1) is 11.6 Å². The summed E-state index contributed by atoms with van der Waals surface area (Å²) < 4.78 is 66.1. The predicted octanol–water partition coefficient (Wildman–Crippen LogP) is 4.86. The van der Waals surface area contributed by atoms with Crippen LogP contribution >= 0.6 is 40.7 Å². The molecule has 140 valence electrons. The maximum atomic E-state index is 14.1. The van der Waals surface area contributed by atoms with E-state index in [0.717, 1.165) is 12.1 Å². The van der Waals surface area contributed by atoms with E-state index in [0.29, 0.717) is 26.2 Å². The Balaban J connectivity index is 0.00000264. The molecule has 1 heterocycles. The molecule has 0 aromatic heterocycles. The van der Waals surface area contributed by atoms with Gasteiger partial charge in [-0.25, -0.2) is 8.78 Å². The van der Waals surface area contributed by atoms with Gasteiger partial charge in [0.1, 0.15) is 11.6 Å². The zero-order valence-electron chi connectivity index (χ0n) is 12.5. The highest BCUT2D eigenvalue weighted by Crippen LogP contribution is 2.35. The van der Waals surface area contributed by atoms with Gasteiger partial charge in [0.05, 0.1) is 0 Å². The molecule has 10 heteroatoms. The molecule has 0 spiro atoms. The van der Waals surface area contributed by atoms with Crippen molar-refractivity contribution in [3.63, 3.8) is 0 Å². The Bertz CT molecular complexity index is 501. The topological polar surface area (TPSA) is 15.3 Å². The Morgan fingerprint density at radius 3 is 2.04 bits per heavy atom. The van der Waals surface area contributed by atoms with Crippen LogP contribution in [-0.2, 0) is 0 Å². The Labute approximate surface area is 158 Å². The highest BCUT2D eigenvalue weighted by atomic mass is 79.9. The van der Waals surface area contributed by atoms with Crippen LogP contribution in [0.15, 0.2) is 16.6 Å². The number of nitrogens with zero attached hydrogens (tertiary/aromatic N) is 1. The molecule has 0 unspecified atom stereocenters. The Kier molecular flexibility index (Phi) is 10.0. The number of hydrogen-bond donors (Lipinski definition) is 1. The average Bonchev–Trinajstić information content (AvgIpc) is 2.41. The molecule has 1 aliphatic heterocycles. The van der Waals surface area contributed by atoms with Crippen molar-refractivity contribution in [1.29, 1.82) is 0 Å². The number of nitrogens with one attached hydrogen (secondary N) is 1. The first-order chi connectivity index (χ1) is 10.3. The number of halogens is 8. The number of hydrogen-bond acceptors (Lipinski definition) is 2. The van der Waals surface area contributed by atoms with E-state index in [1.807, 2.05) is 0 Å². The second-order valence-electron chi connectivity index (χ2n) is 5.24. The van der Waals surface area contributed by atoms with E-state index in [1.54, 1.807) is 4.90 Å². The maximum absolute atomic E-state index is 14.1. The van der Waals surface area contributed by atoms with Crippen LogP contribution in [0.1, 0.15) is 24.4 Å². The molecule has 1 N–H and O–H groups in total. The van der Waals surface area contributed by atoms with Gasteiger partial charge in [-0.3, -0.25) is 4.90 Å². The first-order valence-corrected chi connectivity index (χ1v) is 7.73. The minimum absolute atomic E-state index is 0. The van der Waals surface area contributed by atoms with Crippen molar-refractivity contribution in [3.05, 3.63) is 33.8 Å². The third-order valence-corrected chi connectivity index (χ3v) is 4.13. The fourth-order valence-corrected chi connectivity index (χ4v) is 3.08. The van der Waals surface area contributed by atoms with E-state index in [2.05, 4.69) is 21.2 Å². The minimum atomic E-state index is -4.35. The van der Waals surface area contributed by atoms with E-state index in [9.17, 15) is 22.0 Å². The van der Waals surface area contributed by atoms with Gasteiger partial charge >= 0.3 is 6.18 Å². The molecule has 1 aliphatic rings. The van der Waals surface area contributed by atoms with Crippen molar-refractivity contribution < 1.29 is 22.0 Å². The smallest absolute Gasteiger partial charge is 0.314 e. The van der Waals surface area contributed by atoms with Gasteiger partial charge in [0.25, 0.3) is 0 Å². The van der Waals surface area contributed by atoms with Gasteiger partial charge in [0, 0.05) is 48.7 Å². The van der Waals surface area contributed by atoms with Gasteiger partial charge in [0.15, 0.2) is 0 Å². The molecule has 0 amide bonds. The average molecular weight is 460 g/mol. The van der Waals surface area contributed by atoms with Gasteiger partial charge in [-0.2, -0.15) is 13.2 Å².